The fraction of sp³-hybridized carbons (Fsp3) is 0.333. The molecule has 2 aromatic carbocycles. The summed E-state index contributed by atoms with van der Waals surface area (Å²) in [5.41, 5.74) is 6.10. The summed E-state index contributed by atoms with van der Waals surface area (Å²) in [5.74, 6) is -0.0615. The second-order valence-electron chi connectivity index (χ2n) is 5.97. The van der Waals surface area contributed by atoms with Gasteiger partial charge in [0.15, 0.2) is 0 Å². The van der Waals surface area contributed by atoms with Crippen LogP contribution < -0.4 is 5.32 Å². The molecule has 0 unspecified atom stereocenters. The Morgan fingerprint density at radius 2 is 1.86 bits per heavy atom. The largest absolute Gasteiger partial charge is 0.384 e. The summed E-state index contributed by atoms with van der Waals surface area (Å²) in [7, 11) is 0. The summed E-state index contributed by atoms with van der Waals surface area (Å²) in [4.78, 5) is 2.35. The summed E-state index contributed by atoms with van der Waals surface area (Å²) in [6, 6.07) is 12.0. The molecule has 0 atom stereocenters. The van der Waals surface area contributed by atoms with Gasteiger partial charge >= 0.3 is 0 Å². The van der Waals surface area contributed by atoms with Gasteiger partial charge in [0.05, 0.1) is 0 Å². The third-order valence-electron chi connectivity index (χ3n) is 4.62. The number of hydrogen-bond acceptors (Lipinski definition) is 2. The van der Waals surface area contributed by atoms with Crippen molar-refractivity contribution in [3.8, 4) is 0 Å². The maximum Gasteiger partial charge on any atom is 0.127 e. The molecule has 0 saturated heterocycles. The van der Waals surface area contributed by atoms with Crippen LogP contribution in [0, 0.1) is 5.82 Å². The molecule has 4 rings (SSSR count). The molecule has 116 valence electrons. The van der Waals surface area contributed by atoms with Crippen LogP contribution in [0.15, 0.2) is 36.4 Å². The number of anilines is 1. The van der Waals surface area contributed by atoms with E-state index in [1.54, 1.807) is 6.07 Å². The highest BCUT2D eigenvalue weighted by molar-refractivity contribution is 5.85. The van der Waals surface area contributed by atoms with Gasteiger partial charge in [-0.25, -0.2) is 4.39 Å². The van der Waals surface area contributed by atoms with E-state index in [1.807, 2.05) is 6.07 Å². The molecule has 0 aliphatic carbocycles. The average Bonchev–Trinajstić information content (AvgIpc) is 2.98. The van der Waals surface area contributed by atoms with E-state index in [9.17, 15) is 4.39 Å². The molecule has 0 bridgehead atoms. The Balaban J connectivity index is 0.00000144. The smallest absolute Gasteiger partial charge is 0.127 e. The Morgan fingerprint density at radius 3 is 2.77 bits per heavy atom. The number of halogens is 2. The molecule has 1 N–H and O–H groups in total. The predicted molar refractivity (Wildman–Crippen MR) is 90.1 cm³/mol. The molecule has 0 amide bonds. The highest BCUT2D eigenvalue weighted by Crippen LogP contribution is 2.29. The van der Waals surface area contributed by atoms with Crippen LogP contribution in [0.25, 0.3) is 0 Å². The van der Waals surface area contributed by atoms with Crippen molar-refractivity contribution >= 4 is 18.1 Å². The first-order valence-electron chi connectivity index (χ1n) is 7.64. The Morgan fingerprint density at radius 1 is 1.05 bits per heavy atom. The van der Waals surface area contributed by atoms with Crippen LogP contribution in [0.4, 0.5) is 10.1 Å². The lowest BCUT2D eigenvalue weighted by molar-refractivity contribution is 0.241. The standard InChI is InChI=1S/C18H19FN2.ClH/c19-17-6-2-3-13-8-10-21(12-16(13)17)11-15-5-1-4-14-7-9-20-18(14)15;/h1-6,20H,7-12H2;1H. The average molecular weight is 319 g/mol. The van der Waals surface area contributed by atoms with Crippen molar-refractivity contribution in [1.29, 1.82) is 0 Å². The van der Waals surface area contributed by atoms with Crippen LogP contribution in [0.5, 0.6) is 0 Å². The topological polar surface area (TPSA) is 15.3 Å². The van der Waals surface area contributed by atoms with E-state index < -0.39 is 0 Å². The van der Waals surface area contributed by atoms with Crippen LogP contribution >= 0.6 is 12.4 Å². The zero-order valence-electron chi connectivity index (χ0n) is 12.4. The molecule has 22 heavy (non-hydrogen) atoms. The van der Waals surface area contributed by atoms with Crippen LogP contribution in [-0.2, 0) is 25.9 Å². The molecular weight excluding hydrogens is 299 g/mol. The Hall–Kier alpha value is -1.58. The maximum atomic E-state index is 14.0. The third kappa shape index (κ3) is 2.71. The maximum absolute atomic E-state index is 14.0. The summed E-state index contributed by atoms with van der Waals surface area (Å²) in [6.45, 7) is 3.64. The van der Waals surface area contributed by atoms with Gasteiger partial charge in [-0.3, -0.25) is 4.90 Å². The number of rotatable bonds is 2. The number of benzene rings is 2. The Labute approximate surface area is 136 Å². The van der Waals surface area contributed by atoms with E-state index in [0.717, 1.165) is 38.0 Å². The molecule has 2 aliphatic rings. The predicted octanol–water partition coefficient (Wildman–Crippen LogP) is 3.77. The highest BCUT2D eigenvalue weighted by atomic mass is 35.5. The van der Waals surface area contributed by atoms with E-state index in [4.69, 9.17) is 0 Å². The van der Waals surface area contributed by atoms with Crippen LogP contribution in [0.2, 0.25) is 0 Å². The van der Waals surface area contributed by atoms with Crippen molar-refractivity contribution in [3.63, 3.8) is 0 Å². The number of nitrogens with zero attached hydrogens (tertiary/aromatic N) is 1. The minimum absolute atomic E-state index is 0. The molecule has 2 heterocycles. The molecule has 0 spiro atoms. The first-order chi connectivity index (χ1) is 10.3. The minimum Gasteiger partial charge on any atom is -0.384 e. The van der Waals surface area contributed by atoms with Crippen LogP contribution in [0.3, 0.4) is 0 Å². The zero-order chi connectivity index (χ0) is 14.2. The molecular formula is C18H20ClFN2. The van der Waals surface area contributed by atoms with Gasteiger partial charge in [0.2, 0.25) is 0 Å². The first kappa shape index (κ1) is 15.3. The first-order valence-corrected chi connectivity index (χ1v) is 7.64. The van der Waals surface area contributed by atoms with Gasteiger partial charge in [0, 0.05) is 37.4 Å². The molecule has 2 aliphatic heterocycles. The van der Waals surface area contributed by atoms with Crippen molar-refractivity contribution in [2.75, 3.05) is 18.4 Å². The van der Waals surface area contributed by atoms with E-state index >= 15 is 0 Å². The normalized spacial score (nSPS) is 16.4. The summed E-state index contributed by atoms with van der Waals surface area (Å²) in [5, 5.41) is 3.49. The molecule has 2 aromatic rings. The molecule has 0 fully saturated rings. The Kier molecular flexibility index (Phi) is 4.37. The van der Waals surface area contributed by atoms with Gasteiger partial charge in [-0.2, -0.15) is 0 Å². The SMILES string of the molecule is Cl.Fc1cccc2c1CN(Cc1cccc3c1NCC3)CC2. The van der Waals surface area contributed by atoms with E-state index in [-0.39, 0.29) is 18.2 Å². The van der Waals surface area contributed by atoms with Crippen LogP contribution in [-0.4, -0.2) is 18.0 Å². The van der Waals surface area contributed by atoms with E-state index in [0.29, 0.717) is 6.54 Å². The number of para-hydroxylation sites is 1. The van der Waals surface area contributed by atoms with Crippen LogP contribution in [0.1, 0.15) is 22.3 Å². The monoisotopic (exact) mass is 318 g/mol. The fourth-order valence-corrected chi connectivity index (χ4v) is 3.51. The molecule has 0 radical (unpaired) electrons. The lowest BCUT2D eigenvalue weighted by Gasteiger charge is -2.29. The molecule has 0 saturated carbocycles. The van der Waals surface area contributed by atoms with Crippen molar-refractivity contribution in [1.82, 2.24) is 4.90 Å². The van der Waals surface area contributed by atoms with Crippen molar-refractivity contribution in [3.05, 3.63) is 64.5 Å². The molecule has 0 aromatic heterocycles. The van der Waals surface area contributed by atoms with Gasteiger partial charge in [0.1, 0.15) is 5.82 Å². The quantitative estimate of drug-likeness (QED) is 0.906. The van der Waals surface area contributed by atoms with Crippen molar-refractivity contribution in [2.45, 2.75) is 25.9 Å². The second kappa shape index (κ2) is 6.27. The summed E-state index contributed by atoms with van der Waals surface area (Å²) in [6.07, 6.45) is 2.05. The zero-order valence-corrected chi connectivity index (χ0v) is 13.3. The number of fused-ring (bicyclic) bond motifs is 2. The lowest BCUT2D eigenvalue weighted by Crippen LogP contribution is -2.31. The second-order valence-corrected chi connectivity index (χ2v) is 5.97. The lowest BCUT2D eigenvalue weighted by atomic mass is 9.98. The third-order valence-corrected chi connectivity index (χ3v) is 4.62. The fourth-order valence-electron chi connectivity index (χ4n) is 3.51. The number of hydrogen-bond donors (Lipinski definition) is 1. The molecule has 2 nitrogen and oxygen atoms in total. The van der Waals surface area contributed by atoms with E-state index in [2.05, 4.69) is 34.5 Å². The summed E-state index contributed by atoms with van der Waals surface area (Å²) >= 11 is 0. The minimum atomic E-state index is -0.0615. The van der Waals surface area contributed by atoms with Gasteiger partial charge in [-0.05, 0) is 35.6 Å². The van der Waals surface area contributed by atoms with Gasteiger partial charge in [-0.15, -0.1) is 12.4 Å². The van der Waals surface area contributed by atoms with Crippen molar-refractivity contribution < 1.29 is 4.39 Å². The van der Waals surface area contributed by atoms with Gasteiger partial charge < -0.3 is 5.32 Å². The van der Waals surface area contributed by atoms with Crippen molar-refractivity contribution in [2.24, 2.45) is 0 Å². The van der Waals surface area contributed by atoms with Gasteiger partial charge in [0.25, 0.3) is 0 Å². The van der Waals surface area contributed by atoms with E-state index in [1.165, 1.54) is 22.4 Å². The van der Waals surface area contributed by atoms with Gasteiger partial charge in [-0.1, -0.05) is 30.3 Å². The summed E-state index contributed by atoms with van der Waals surface area (Å²) < 4.78 is 14.0. The number of nitrogens with one attached hydrogen (secondary N) is 1. The Bertz CT molecular complexity index is 687. The highest BCUT2D eigenvalue weighted by Gasteiger charge is 2.21. The molecule has 4 heteroatoms.